The minimum atomic E-state index is -0.126. The van der Waals surface area contributed by atoms with Crippen molar-refractivity contribution in [3.05, 3.63) is 211 Å². The summed E-state index contributed by atoms with van der Waals surface area (Å²) in [5.41, 5.74) is 10.6. The lowest BCUT2D eigenvalue weighted by atomic mass is 10.0. The molecule has 0 N–H and O–H groups in total. The van der Waals surface area contributed by atoms with Crippen molar-refractivity contribution in [2.75, 3.05) is 0 Å². The van der Waals surface area contributed by atoms with E-state index in [4.69, 9.17) is 9.97 Å². The molecule has 0 amide bonds. The highest BCUT2D eigenvalue weighted by Crippen LogP contribution is 2.39. The van der Waals surface area contributed by atoms with Crippen LogP contribution in [0.25, 0.3) is 105 Å². The van der Waals surface area contributed by atoms with Crippen LogP contribution in [0.15, 0.2) is 205 Å². The highest BCUT2D eigenvalue weighted by molar-refractivity contribution is 6.14. The molecule has 0 saturated carbocycles. The van der Waals surface area contributed by atoms with Gasteiger partial charge in [0, 0.05) is 43.6 Å². The summed E-state index contributed by atoms with van der Waals surface area (Å²) < 4.78 is 6.23. The summed E-state index contributed by atoms with van der Waals surface area (Å²) in [7, 11) is 0. The summed E-state index contributed by atoms with van der Waals surface area (Å²) in [6, 6.07) is 68.9. The summed E-state index contributed by atoms with van der Waals surface area (Å²) >= 11 is 0. The van der Waals surface area contributed by atoms with Crippen molar-refractivity contribution in [1.29, 1.82) is 0 Å². The Balaban J connectivity index is 1.12. The Morgan fingerprint density at radius 3 is 1.41 bits per heavy atom. The van der Waals surface area contributed by atoms with Crippen molar-refractivity contribution in [3.63, 3.8) is 0 Å². The first kappa shape index (κ1) is 33.1. The average Bonchev–Trinajstić information content (AvgIpc) is 3.82. The molecule has 0 aliphatic rings. The smallest absolute Gasteiger partial charge is 0.264 e. The molecule has 0 spiro atoms. The van der Waals surface area contributed by atoms with Crippen LogP contribution in [0.1, 0.15) is 0 Å². The number of pyridine rings is 1. The summed E-state index contributed by atoms with van der Waals surface area (Å²) in [5, 5.41) is 6.87. The summed E-state index contributed by atoms with van der Waals surface area (Å²) in [5.74, 6) is 0.491. The first-order valence-corrected chi connectivity index (χ1v) is 19.8. The van der Waals surface area contributed by atoms with Crippen LogP contribution >= 0.6 is 0 Å². The molecular weight excluding hydrogens is 723 g/mol. The Hall–Kier alpha value is -8.09. The predicted octanol–water partition coefficient (Wildman–Crippen LogP) is 12.5. The van der Waals surface area contributed by atoms with Crippen molar-refractivity contribution in [2.45, 2.75) is 0 Å². The third kappa shape index (κ3) is 5.03. The van der Waals surface area contributed by atoms with Crippen molar-refractivity contribution in [2.24, 2.45) is 0 Å². The molecule has 0 saturated heterocycles. The Morgan fingerprint density at radius 1 is 0.339 bits per heavy atom. The Bertz CT molecular complexity index is 3680. The second-order valence-electron chi connectivity index (χ2n) is 15.0. The number of fused-ring (bicyclic) bond motifs is 9. The monoisotopic (exact) mass is 755 g/mol. The van der Waals surface area contributed by atoms with Gasteiger partial charge >= 0.3 is 0 Å². The third-order valence-corrected chi connectivity index (χ3v) is 11.7. The van der Waals surface area contributed by atoms with E-state index >= 15 is 0 Å². The Morgan fingerprint density at radius 2 is 0.797 bits per heavy atom. The van der Waals surface area contributed by atoms with Gasteiger partial charge in [0.25, 0.3) is 5.56 Å². The molecule has 0 unspecified atom stereocenters. The van der Waals surface area contributed by atoms with E-state index in [0.717, 1.165) is 66.3 Å². The Labute approximate surface area is 338 Å². The number of nitrogens with zero attached hydrogens (tertiary/aromatic N) is 5. The van der Waals surface area contributed by atoms with E-state index < -0.39 is 0 Å². The zero-order valence-corrected chi connectivity index (χ0v) is 31.7. The molecule has 12 rings (SSSR count). The highest BCUT2D eigenvalue weighted by atomic mass is 16.1. The number of aromatic nitrogens is 5. The SMILES string of the molecule is O=c1c2ccccc2c2c(-c3ccccc3)nc(-n3c4ccccc4c4cc(-c5ccc6c(c5)c5ccccc5n6-c5ccccc5)ccc43)nc2n1-c1ccccc1. The number of benzene rings is 8. The molecule has 6 heteroatoms. The van der Waals surface area contributed by atoms with Gasteiger partial charge in [0.15, 0.2) is 5.65 Å². The van der Waals surface area contributed by atoms with Gasteiger partial charge in [0.05, 0.1) is 38.8 Å². The quantitative estimate of drug-likeness (QED) is 0.164. The van der Waals surface area contributed by atoms with E-state index in [0.29, 0.717) is 17.0 Å². The molecule has 0 radical (unpaired) electrons. The number of hydrogen-bond donors (Lipinski definition) is 0. The molecule has 59 heavy (non-hydrogen) atoms. The van der Waals surface area contributed by atoms with E-state index in [1.54, 1.807) is 4.57 Å². The molecule has 0 aliphatic heterocycles. The summed E-state index contributed by atoms with van der Waals surface area (Å²) in [6.07, 6.45) is 0. The van der Waals surface area contributed by atoms with E-state index in [2.05, 4.69) is 137 Å². The molecule has 0 aliphatic carbocycles. The molecule has 276 valence electrons. The molecule has 0 atom stereocenters. The molecule has 4 heterocycles. The van der Waals surface area contributed by atoms with Crippen molar-refractivity contribution in [3.8, 4) is 39.7 Å². The molecular formula is C53H33N5O. The lowest BCUT2D eigenvalue weighted by molar-refractivity contribution is 0.967. The predicted molar refractivity (Wildman–Crippen MR) is 242 cm³/mol. The lowest BCUT2D eigenvalue weighted by Crippen LogP contribution is -2.21. The van der Waals surface area contributed by atoms with Gasteiger partial charge in [0.2, 0.25) is 5.95 Å². The van der Waals surface area contributed by atoms with Crippen molar-refractivity contribution >= 4 is 65.4 Å². The second-order valence-corrected chi connectivity index (χ2v) is 15.0. The van der Waals surface area contributed by atoms with E-state index in [9.17, 15) is 4.79 Å². The van der Waals surface area contributed by atoms with E-state index in [-0.39, 0.29) is 5.56 Å². The van der Waals surface area contributed by atoms with Crippen molar-refractivity contribution in [1.82, 2.24) is 23.7 Å². The normalized spacial score (nSPS) is 11.8. The van der Waals surface area contributed by atoms with Crippen LogP contribution in [0.4, 0.5) is 0 Å². The fourth-order valence-electron chi connectivity index (χ4n) is 9.05. The average molecular weight is 756 g/mol. The highest BCUT2D eigenvalue weighted by Gasteiger charge is 2.23. The number of hydrogen-bond acceptors (Lipinski definition) is 3. The maximum atomic E-state index is 14.5. The minimum Gasteiger partial charge on any atom is -0.309 e. The fourth-order valence-corrected chi connectivity index (χ4v) is 9.05. The Kier molecular flexibility index (Phi) is 7.28. The number of rotatable bonds is 5. The molecule has 0 fully saturated rings. The van der Waals surface area contributed by atoms with Crippen LogP contribution in [0.2, 0.25) is 0 Å². The first-order valence-electron chi connectivity index (χ1n) is 19.8. The third-order valence-electron chi connectivity index (χ3n) is 11.7. The lowest BCUT2D eigenvalue weighted by Gasteiger charge is -2.17. The van der Waals surface area contributed by atoms with E-state index in [1.807, 2.05) is 72.8 Å². The van der Waals surface area contributed by atoms with Gasteiger partial charge in [-0.2, -0.15) is 4.98 Å². The first-order chi connectivity index (χ1) is 29.2. The van der Waals surface area contributed by atoms with E-state index in [1.165, 1.54) is 21.8 Å². The van der Waals surface area contributed by atoms with Crippen LogP contribution in [0.3, 0.4) is 0 Å². The largest absolute Gasteiger partial charge is 0.309 e. The summed E-state index contributed by atoms with van der Waals surface area (Å²) in [4.78, 5) is 25.3. The van der Waals surface area contributed by atoms with Crippen LogP contribution < -0.4 is 5.56 Å². The maximum Gasteiger partial charge on any atom is 0.264 e. The van der Waals surface area contributed by atoms with Crippen LogP contribution in [0.5, 0.6) is 0 Å². The van der Waals surface area contributed by atoms with Gasteiger partial charge in [-0.1, -0.05) is 133 Å². The molecule has 8 aromatic carbocycles. The minimum absolute atomic E-state index is 0.126. The van der Waals surface area contributed by atoms with Gasteiger partial charge in [-0.05, 0) is 77.9 Å². The second kappa shape index (κ2) is 13.0. The van der Waals surface area contributed by atoms with Gasteiger partial charge < -0.3 is 4.57 Å². The summed E-state index contributed by atoms with van der Waals surface area (Å²) in [6.45, 7) is 0. The number of para-hydroxylation sites is 4. The van der Waals surface area contributed by atoms with Crippen LogP contribution in [-0.2, 0) is 0 Å². The zero-order valence-electron chi connectivity index (χ0n) is 31.7. The van der Waals surface area contributed by atoms with Crippen LogP contribution in [0, 0.1) is 0 Å². The van der Waals surface area contributed by atoms with Gasteiger partial charge in [-0.25, -0.2) is 4.98 Å². The standard InChI is InChI=1S/C53H33N5O/c59-52-42-25-11-10-24-41(42)49-50(34-16-4-1-5-17-34)54-53(55-51(49)57(52)38-20-8-3-9-21-38)58-46-27-15-13-23-40(46)44-33-36(29-31-48(44)58)35-28-30-47-43(32-35)39-22-12-14-26-45(39)56(47)37-18-6-2-7-19-37/h1-33H. The van der Waals surface area contributed by atoms with Crippen molar-refractivity contribution < 1.29 is 0 Å². The fraction of sp³-hybridized carbons (Fsp3) is 0. The maximum absolute atomic E-state index is 14.5. The molecule has 0 bridgehead atoms. The van der Waals surface area contributed by atoms with Gasteiger partial charge in [0.1, 0.15) is 0 Å². The van der Waals surface area contributed by atoms with Crippen LogP contribution in [-0.4, -0.2) is 23.7 Å². The van der Waals surface area contributed by atoms with Gasteiger partial charge in [-0.15, -0.1) is 0 Å². The zero-order chi connectivity index (χ0) is 39.0. The van der Waals surface area contributed by atoms with Gasteiger partial charge in [-0.3, -0.25) is 13.9 Å². The topological polar surface area (TPSA) is 57.6 Å². The molecule has 6 nitrogen and oxygen atoms in total. The molecule has 4 aromatic heterocycles. The molecule has 12 aromatic rings.